The number of nitrogens with zero attached hydrogens (tertiary/aromatic N) is 3. The number of hydrogen-bond acceptors (Lipinski definition) is 4. The van der Waals surface area contributed by atoms with Crippen LogP contribution >= 0.6 is 0 Å². The highest BCUT2D eigenvalue weighted by molar-refractivity contribution is 4.92. The zero-order valence-corrected chi connectivity index (χ0v) is 9.35. The number of aryl methyl sites for hydroxylation is 2. The second-order valence-corrected chi connectivity index (χ2v) is 4.36. The van der Waals surface area contributed by atoms with E-state index in [0.717, 1.165) is 12.1 Å². The molecule has 0 radical (unpaired) electrons. The summed E-state index contributed by atoms with van der Waals surface area (Å²) in [7, 11) is 0. The van der Waals surface area contributed by atoms with Crippen molar-refractivity contribution >= 4 is 0 Å². The summed E-state index contributed by atoms with van der Waals surface area (Å²) >= 11 is 0. The van der Waals surface area contributed by atoms with Gasteiger partial charge in [0.05, 0.1) is 11.3 Å². The summed E-state index contributed by atoms with van der Waals surface area (Å²) in [5, 5.41) is 26.1. The van der Waals surface area contributed by atoms with Crippen LogP contribution in [0.5, 0.6) is 0 Å². The minimum absolute atomic E-state index is 0.177. The van der Waals surface area contributed by atoms with Crippen molar-refractivity contribution in [2.75, 3.05) is 6.61 Å². The second-order valence-electron chi connectivity index (χ2n) is 4.36. The fourth-order valence-electron chi connectivity index (χ4n) is 1.21. The topological polar surface area (TPSA) is 71.2 Å². The maximum absolute atomic E-state index is 9.53. The van der Waals surface area contributed by atoms with E-state index >= 15 is 0 Å². The van der Waals surface area contributed by atoms with Crippen molar-refractivity contribution in [3.8, 4) is 0 Å². The quantitative estimate of drug-likeness (QED) is 0.716. The Morgan fingerprint density at radius 1 is 1.47 bits per heavy atom. The molecule has 0 atom stereocenters. The van der Waals surface area contributed by atoms with Gasteiger partial charge in [0.2, 0.25) is 0 Å². The molecule has 15 heavy (non-hydrogen) atoms. The van der Waals surface area contributed by atoms with E-state index in [1.54, 1.807) is 18.5 Å². The molecular formula is C10H19N3O2. The minimum Gasteiger partial charge on any atom is -0.396 e. The molecule has 86 valence electrons. The van der Waals surface area contributed by atoms with Gasteiger partial charge in [-0.05, 0) is 33.1 Å². The van der Waals surface area contributed by atoms with E-state index in [-0.39, 0.29) is 6.61 Å². The molecule has 0 aliphatic rings. The summed E-state index contributed by atoms with van der Waals surface area (Å²) in [5.41, 5.74) is 0.219. The molecule has 1 heterocycles. The van der Waals surface area contributed by atoms with Crippen LogP contribution in [0.15, 0.2) is 6.20 Å². The number of aromatic nitrogens is 3. The number of hydrogen-bond donors (Lipinski definition) is 2. The van der Waals surface area contributed by atoms with Crippen LogP contribution in [-0.4, -0.2) is 37.4 Å². The first-order valence-electron chi connectivity index (χ1n) is 5.23. The molecule has 1 rings (SSSR count). The monoisotopic (exact) mass is 213 g/mol. The Kier molecular flexibility index (Phi) is 4.23. The van der Waals surface area contributed by atoms with Crippen molar-refractivity contribution in [1.29, 1.82) is 0 Å². The lowest BCUT2D eigenvalue weighted by Gasteiger charge is -2.15. The van der Waals surface area contributed by atoms with Crippen LogP contribution in [0.4, 0.5) is 0 Å². The van der Waals surface area contributed by atoms with Crippen molar-refractivity contribution in [3.63, 3.8) is 0 Å². The molecule has 0 aliphatic carbocycles. The normalized spacial score (nSPS) is 12.0. The maximum atomic E-state index is 9.53. The smallest absolute Gasteiger partial charge is 0.0828 e. The van der Waals surface area contributed by atoms with Crippen molar-refractivity contribution in [1.82, 2.24) is 15.0 Å². The lowest BCUT2D eigenvalue weighted by atomic mass is 10.1. The molecule has 0 unspecified atom stereocenters. The molecule has 0 aliphatic heterocycles. The van der Waals surface area contributed by atoms with Gasteiger partial charge < -0.3 is 10.2 Å². The van der Waals surface area contributed by atoms with Crippen molar-refractivity contribution < 1.29 is 10.2 Å². The van der Waals surface area contributed by atoms with Crippen LogP contribution in [0.1, 0.15) is 32.4 Å². The van der Waals surface area contributed by atoms with Crippen molar-refractivity contribution in [2.45, 2.75) is 45.3 Å². The third-order valence-corrected chi connectivity index (χ3v) is 2.13. The molecule has 5 heteroatoms. The standard InChI is InChI=1S/C10H19N3O2/c1-10(2,15)5-6-13-8-9(11-12-13)4-3-7-14/h8,14-15H,3-7H2,1-2H3. The van der Waals surface area contributed by atoms with Crippen molar-refractivity contribution in [2.24, 2.45) is 0 Å². The van der Waals surface area contributed by atoms with Gasteiger partial charge in [0.25, 0.3) is 0 Å². The van der Waals surface area contributed by atoms with E-state index in [9.17, 15) is 5.11 Å². The number of aliphatic hydroxyl groups excluding tert-OH is 1. The van der Waals surface area contributed by atoms with Gasteiger partial charge >= 0.3 is 0 Å². The predicted octanol–water partition coefficient (Wildman–Crippen LogP) is 0.364. The van der Waals surface area contributed by atoms with Crippen LogP contribution in [0, 0.1) is 0 Å². The highest BCUT2D eigenvalue weighted by atomic mass is 16.3. The summed E-state index contributed by atoms with van der Waals surface area (Å²) in [4.78, 5) is 0. The third-order valence-electron chi connectivity index (χ3n) is 2.13. The molecule has 0 amide bonds. The summed E-state index contributed by atoms with van der Waals surface area (Å²) in [5.74, 6) is 0. The van der Waals surface area contributed by atoms with Gasteiger partial charge in [0.15, 0.2) is 0 Å². The van der Waals surface area contributed by atoms with E-state index in [0.29, 0.717) is 19.4 Å². The second kappa shape index (κ2) is 5.23. The Morgan fingerprint density at radius 3 is 2.80 bits per heavy atom. The SMILES string of the molecule is CC(C)(O)CCn1cc(CCCO)nn1. The molecule has 0 saturated carbocycles. The molecule has 1 aromatic heterocycles. The van der Waals surface area contributed by atoms with Gasteiger partial charge in [-0.1, -0.05) is 5.21 Å². The highest BCUT2D eigenvalue weighted by Crippen LogP contribution is 2.08. The molecule has 0 spiro atoms. The Bertz CT molecular complexity index is 291. The lowest BCUT2D eigenvalue weighted by molar-refractivity contribution is 0.0649. The molecule has 0 fully saturated rings. The molecule has 2 N–H and O–H groups in total. The molecule has 0 aromatic carbocycles. The molecule has 0 saturated heterocycles. The largest absolute Gasteiger partial charge is 0.396 e. The highest BCUT2D eigenvalue weighted by Gasteiger charge is 2.12. The van der Waals surface area contributed by atoms with Gasteiger partial charge in [0, 0.05) is 19.3 Å². The van der Waals surface area contributed by atoms with Crippen LogP contribution in [-0.2, 0) is 13.0 Å². The Labute approximate surface area is 89.7 Å². The average molecular weight is 213 g/mol. The van der Waals surface area contributed by atoms with Gasteiger partial charge in [-0.25, -0.2) is 0 Å². The van der Waals surface area contributed by atoms with Gasteiger partial charge in [-0.3, -0.25) is 4.68 Å². The number of rotatable bonds is 6. The van der Waals surface area contributed by atoms with E-state index in [4.69, 9.17) is 5.11 Å². The Hall–Kier alpha value is -0.940. The van der Waals surface area contributed by atoms with E-state index in [2.05, 4.69) is 10.3 Å². The van der Waals surface area contributed by atoms with Crippen LogP contribution < -0.4 is 0 Å². The summed E-state index contributed by atoms with van der Waals surface area (Å²) in [6.45, 7) is 4.39. The first-order valence-corrected chi connectivity index (χ1v) is 5.23. The fourth-order valence-corrected chi connectivity index (χ4v) is 1.21. The predicted molar refractivity (Wildman–Crippen MR) is 56.3 cm³/mol. The summed E-state index contributed by atoms with van der Waals surface area (Å²) < 4.78 is 1.73. The van der Waals surface area contributed by atoms with E-state index in [1.807, 2.05) is 6.20 Å². The molecule has 0 bridgehead atoms. The number of aliphatic hydroxyl groups is 2. The lowest BCUT2D eigenvalue weighted by Crippen LogP contribution is -2.21. The average Bonchev–Trinajstić information content (AvgIpc) is 2.58. The van der Waals surface area contributed by atoms with E-state index in [1.165, 1.54) is 0 Å². The van der Waals surface area contributed by atoms with Gasteiger partial charge in [-0.15, -0.1) is 5.10 Å². The zero-order valence-electron chi connectivity index (χ0n) is 9.35. The molecule has 5 nitrogen and oxygen atoms in total. The molecule has 1 aromatic rings. The maximum Gasteiger partial charge on any atom is 0.0828 e. The van der Waals surface area contributed by atoms with Gasteiger partial charge in [0.1, 0.15) is 0 Å². The van der Waals surface area contributed by atoms with Crippen LogP contribution in [0.25, 0.3) is 0 Å². The zero-order chi connectivity index (χ0) is 11.3. The van der Waals surface area contributed by atoms with Crippen LogP contribution in [0.2, 0.25) is 0 Å². The first-order chi connectivity index (χ1) is 7.01. The third kappa shape index (κ3) is 4.90. The van der Waals surface area contributed by atoms with Crippen LogP contribution in [0.3, 0.4) is 0 Å². The van der Waals surface area contributed by atoms with Crippen molar-refractivity contribution in [3.05, 3.63) is 11.9 Å². The fraction of sp³-hybridized carbons (Fsp3) is 0.800. The Balaban J connectivity index is 2.39. The van der Waals surface area contributed by atoms with E-state index < -0.39 is 5.60 Å². The summed E-state index contributed by atoms with van der Waals surface area (Å²) in [6, 6.07) is 0. The van der Waals surface area contributed by atoms with Gasteiger partial charge in [-0.2, -0.15) is 0 Å². The minimum atomic E-state index is -0.669. The Morgan fingerprint density at radius 2 is 2.20 bits per heavy atom. The summed E-state index contributed by atoms with van der Waals surface area (Å²) in [6.07, 6.45) is 3.97. The molecular weight excluding hydrogens is 194 g/mol. The first kappa shape index (κ1) is 12.1.